The van der Waals surface area contributed by atoms with E-state index in [0.717, 1.165) is 23.5 Å². The highest BCUT2D eigenvalue weighted by molar-refractivity contribution is 7.14. The summed E-state index contributed by atoms with van der Waals surface area (Å²) < 4.78 is 15.7. The lowest BCUT2D eigenvalue weighted by Gasteiger charge is -2.13. The van der Waals surface area contributed by atoms with Crippen molar-refractivity contribution in [3.05, 3.63) is 28.8 Å². The first-order chi connectivity index (χ1) is 14.5. The highest BCUT2D eigenvalue weighted by atomic mass is 32.1. The second-order valence-electron chi connectivity index (χ2n) is 6.15. The minimum absolute atomic E-state index is 0.221. The molecule has 1 aromatic carbocycles. The van der Waals surface area contributed by atoms with Gasteiger partial charge in [0, 0.05) is 36.9 Å². The molecule has 0 saturated carbocycles. The smallest absolute Gasteiger partial charge is 0.270 e. The zero-order valence-electron chi connectivity index (χ0n) is 16.8. The molecule has 0 bridgehead atoms. The van der Waals surface area contributed by atoms with Crippen LogP contribution in [0, 0.1) is 0 Å². The number of carbonyl (C=O) groups excluding carboxylic acids is 2. The number of methoxy groups -OCH3 is 3. The van der Waals surface area contributed by atoms with Crippen LogP contribution in [0.2, 0.25) is 0 Å². The summed E-state index contributed by atoms with van der Waals surface area (Å²) in [5.74, 6) is 0.371. The number of aromatic nitrogens is 1. The zero-order chi connectivity index (χ0) is 21.5. The molecule has 160 valence electrons. The first kappa shape index (κ1) is 21.4. The Morgan fingerprint density at radius 2 is 1.83 bits per heavy atom. The standard InChI is InChI=1S/C19H22N4O6S/c1-26-14-9-16(28-3)15(27-2)8-12(14)17(24)22-19-21-13(10-30-19)18(25)20-6-4-11-5-7-29-23-11/h8-10H,4-7H2,1-3H3,(H,20,25)(H,21,22,24). The topological polar surface area (TPSA) is 120 Å². The summed E-state index contributed by atoms with van der Waals surface area (Å²) in [6, 6.07) is 3.08. The molecule has 1 aliphatic rings. The average molecular weight is 434 g/mol. The number of oxime groups is 1. The third-order valence-electron chi connectivity index (χ3n) is 4.28. The molecule has 2 amide bonds. The minimum atomic E-state index is -0.451. The first-order valence-corrected chi connectivity index (χ1v) is 9.96. The number of thiazole rings is 1. The highest BCUT2D eigenvalue weighted by Crippen LogP contribution is 2.35. The van der Waals surface area contributed by atoms with E-state index in [4.69, 9.17) is 19.0 Å². The van der Waals surface area contributed by atoms with Gasteiger partial charge in [-0.25, -0.2) is 4.98 Å². The van der Waals surface area contributed by atoms with Gasteiger partial charge < -0.3 is 24.4 Å². The average Bonchev–Trinajstić information content (AvgIpc) is 3.44. The van der Waals surface area contributed by atoms with Crippen molar-refractivity contribution in [1.82, 2.24) is 10.3 Å². The van der Waals surface area contributed by atoms with Gasteiger partial charge in [0.05, 0.1) is 32.6 Å². The third-order valence-corrected chi connectivity index (χ3v) is 5.04. The molecule has 0 fully saturated rings. The fraction of sp³-hybridized carbons (Fsp3) is 0.368. The van der Waals surface area contributed by atoms with E-state index >= 15 is 0 Å². The van der Waals surface area contributed by atoms with E-state index in [9.17, 15) is 9.59 Å². The Balaban J connectivity index is 1.63. The monoisotopic (exact) mass is 434 g/mol. The Kier molecular flexibility index (Phi) is 7.07. The molecule has 0 saturated heterocycles. The summed E-state index contributed by atoms with van der Waals surface area (Å²) in [4.78, 5) is 34.1. The minimum Gasteiger partial charge on any atom is -0.496 e. The van der Waals surface area contributed by atoms with Gasteiger partial charge in [-0.3, -0.25) is 14.9 Å². The van der Waals surface area contributed by atoms with E-state index in [2.05, 4.69) is 20.8 Å². The van der Waals surface area contributed by atoms with E-state index in [1.807, 2.05) is 0 Å². The Hall–Kier alpha value is -3.34. The van der Waals surface area contributed by atoms with E-state index in [-0.39, 0.29) is 22.3 Å². The molecule has 0 radical (unpaired) electrons. The number of nitrogens with zero attached hydrogens (tertiary/aromatic N) is 2. The van der Waals surface area contributed by atoms with Crippen LogP contribution in [0.3, 0.4) is 0 Å². The Morgan fingerprint density at radius 3 is 2.50 bits per heavy atom. The SMILES string of the molecule is COc1cc(OC)c(C(=O)Nc2nc(C(=O)NCCC3=NOCC3)cs2)cc1OC. The van der Waals surface area contributed by atoms with Crippen LogP contribution in [-0.4, -0.2) is 57.0 Å². The third kappa shape index (κ3) is 4.98. The molecule has 0 aliphatic carbocycles. The van der Waals surface area contributed by atoms with Crippen molar-refractivity contribution >= 4 is 34.0 Å². The van der Waals surface area contributed by atoms with Crippen LogP contribution in [0.5, 0.6) is 17.2 Å². The van der Waals surface area contributed by atoms with Crippen LogP contribution >= 0.6 is 11.3 Å². The van der Waals surface area contributed by atoms with Crippen LogP contribution in [0.1, 0.15) is 33.7 Å². The molecule has 2 aromatic rings. The van der Waals surface area contributed by atoms with E-state index < -0.39 is 5.91 Å². The van der Waals surface area contributed by atoms with Gasteiger partial charge in [-0.05, 0) is 0 Å². The molecule has 10 nitrogen and oxygen atoms in total. The van der Waals surface area contributed by atoms with Gasteiger partial charge in [-0.2, -0.15) is 0 Å². The van der Waals surface area contributed by atoms with Gasteiger partial charge in [0.1, 0.15) is 18.1 Å². The maximum absolute atomic E-state index is 12.7. The van der Waals surface area contributed by atoms with E-state index in [1.165, 1.54) is 27.4 Å². The normalized spacial score (nSPS) is 12.6. The molecule has 0 unspecified atom stereocenters. The number of hydrogen-bond acceptors (Lipinski definition) is 9. The van der Waals surface area contributed by atoms with Crippen LogP contribution in [0.25, 0.3) is 0 Å². The summed E-state index contributed by atoms with van der Waals surface area (Å²) in [6.07, 6.45) is 1.40. The van der Waals surface area contributed by atoms with Crippen molar-refractivity contribution in [1.29, 1.82) is 0 Å². The first-order valence-electron chi connectivity index (χ1n) is 9.08. The van der Waals surface area contributed by atoms with Gasteiger partial charge in [0.15, 0.2) is 16.6 Å². The van der Waals surface area contributed by atoms with Gasteiger partial charge in [-0.1, -0.05) is 5.16 Å². The van der Waals surface area contributed by atoms with Crippen molar-refractivity contribution in [2.45, 2.75) is 12.8 Å². The maximum atomic E-state index is 12.7. The Morgan fingerprint density at radius 1 is 1.10 bits per heavy atom. The van der Waals surface area contributed by atoms with Crippen molar-refractivity contribution in [2.75, 3.05) is 39.8 Å². The Bertz CT molecular complexity index is 958. The number of carbonyl (C=O) groups is 2. The van der Waals surface area contributed by atoms with Gasteiger partial charge >= 0.3 is 0 Å². The number of anilines is 1. The fourth-order valence-electron chi connectivity index (χ4n) is 2.73. The fourth-order valence-corrected chi connectivity index (χ4v) is 3.42. The molecular weight excluding hydrogens is 412 g/mol. The summed E-state index contributed by atoms with van der Waals surface area (Å²) in [7, 11) is 4.42. The van der Waals surface area contributed by atoms with Crippen LogP contribution < -0.4 is 24.8 Å². The molecular formula is C19H22N4O6S. The number of nitrogens with one attached hydrogen (secondary N) is 2. The molecule has 11 heteroatoms. The number of rotatable bonds is 9. The van der Waals surface area contributed by atoms with E-state index in [1.54, 1.807) is 11.4 Å². The predicted octanol–water partition coefficient (Wildman–Crippen LogP) is 2.32. The van der Waals surface area contributed by atoms with E-state index in [0.29, 0.717) is 36.8 Å². The van der Waals surface area contributed by atoms with Gasteiger partial charge in [0.25, 0.3) is 11.8 Å². The molecule has 0 atom stereocenters. The maximum Gasteiger partial charge on any atom is 0.270 e. The molecule has 1 aliphatic heterocycles. The molecule has 0 spiro atoms. The van der Waals surface area contributed by atoms with Gasteiger partial charge in [-0.15, -0.1) is 11.3 Å². The van der Waals surface area contributed by atoms with Crippen molar-refractivity contribution in [3.63, 3.8) is 0 Å². The van der Waals surface area contributed by atoms with Crippen molar-refractivity contribution in [3.8, 4) is 17.2 Å². The number of amides is 2. The molecule has 3 rings (SSSR count). The molecule has 2 N–H and O–H groups in total. The summed E-state index contributed by atoms with van der Waals surface area (Å²) in [5, 5.41) is 11.2. The second kappa shape index (κ2) is 9.92. The quantitative estimate of drug-likeness (QED) is 0.621. The predicted molar refractivity (Wildman–Crippen MR) is 111 cm³/mol. The molecule has 30 heavy (non-hydrogen) atoms. The highest BCUT2D eigenvalue weighted by Gasteiger charge is 2.20. The number of benzene rings is 1. The number of ether oxygens (including phenoxy) is 3. The lowest BCUT2D eigenvalue weighted by molar-refractivity contribution is 0.0948. The van der Waals surface area contributed by atoms with Crippen molar-refractivity contribution < 1.29 is 28.6 Å². The Labute approximate surface area is 177 Å². The van der Waals surface area contributed by atoms with Crippen LogP contribution in [-0.2, 0) is 4.84 Å². The van der Waals surface area contributed by atoms with Crippen LogP contribution in [0.4, 0.5) is 5.13 Å². The largest absolute Gasteiger partial charge is 0.496 e. The lowest BCUT2D eigenvalue weighted by Crippen LogP contribution is -2.26. The second-order valence-corrected chi connectivity index (χ2v) is 7.00. The summed E-state index contributed by atoms with van der Waals surface area (Å²) in [5.41, 5.74) is 1.39. The summed E-state index contributed by atoms with van der Waals surface area (Å²) >= 11 is 1.15. The number of hydrogen-bond donors (Lipinski definition) is 2. The van der Waals surface area contributed by atoms with Crippen LogP contribution in [0.15, 0.2) is 22.7 Å². The molecule has 2 heterocycles. The van der Waals surface area contributed by atoms with Gasteiger partial charge in [0.2, 0.25) is 0 Å². The van der Waals surface area contributed by atoms with Crippen molar-refractivity contribution in [2.24, 2.45) is 5.16 Å². The molecule has 1 aromatic heterocycles. The summed E-state index contributed by atoms with van der Waals surface area (Å²) in [6.45, 7) is 1.02. The zero-order valence-corrected chi connectivity index (χ0v) is 17.6. The lowest BCUT2D eigenvalue weighted by atomic mass is 10.1.